The van der Waals surface area contributed by atoms with Gasteiger partial charge in [0, 0.05) is 0 Å². The van der Waals surface area contributed by atoms with Crippen LogP contribution in [0.5, 0.6) is 5.75 Å². The Balaban J connectivity index is 0.00000324. The van der Waals surface area contributed by atoms with Crippen molar-refractivity contribution in [2.24, 2.45) is 5.73 Å². The van der Waals surface area contributed by atoms with Crippen LogP contribution in [-0.4, -0.2) is 23.5 Å². The number of halogens is 4. The standard InChI is InChI=1S/C12H16F3NO2.ClH/c1-7(2)18-9-5-3-8(4-6-9)10(16)11(17)12(13,14)15;/h3-7,10-11,17H,16H2,1-2H3;1H/t10-,11-;/m0./s1. The molecule has 3 N–H and O–H groups in total. The van der Waals surface area contributed by atoms with E-state index in [-0.39, 0.29) is 24.1 Å². The van der Waals surface area contributed by atoms with E-state index >= 15 is 0 Å². The van der Waals surface area contributed by atoms with Crippen LogP contribution in [0.3, 0.4) is 0 Å². The molecule has 0 aliphatic heterocycles. The Morgan fingerprint density at radius 3 is 2.00 bits per heavy atom. The molecule has 0 heterocycles. The second-order valence-corrected chi connectivity index (χ2v) is 4.25. The SMILES string of the molecule is CC(C)Oc1ccc([C@H](N)[C@H](O)C(F)(F)F)cc1.Cl. The number of benzene rings is 1. The number of nitrogens with two attached hydrogens (primary N) is 1. The number of aliphatic hydroxyl groups is 1. The first kappa shape index (κ1) is 18.0. The Kier molecular flexibility index (Phi) is 6.62. The van der Waals surface area contributed by atoms with Crippen LogP contribution < -0.4 is 10.5 Å². The van der Waals surface area contributed by atoms with E-state index in [1.165, 1.54) is 24.3 Å². The predicted molar refractivity (Wildman–Crippen MR) is 68.4 cm³/mol. The molecule has 0 bridgehead atoms. The fourth-order valence-electron chi connectivity index (χ4n) is 1.43. The number of alkyl halides is 3. The average Bonchev–Trinajstić information content (AvgIpc) is 2.26. The summed E-state index contributed by atoms with van der Waals surface area (Å²) >= 11 is 0. The molecule has 3 nitrogen and oxygen atoms in total. The Bertz CT molecular complexity index is 382. The van der Waals surface area contributed by atoms with Crippen molar-refractivity contribution in [1.29, 1.82) is 0 Å². The van der Waals surface area contributed by atoms with Gasteiger partial charge in [-0.05, 0) is 31.5 Å². The molecule has 0 spiro atoms. The molecule has 1 aromatic carbocycles. The van der Waals surface area contributed by atoms with E-state index < -0.39 is 18.3 Å². The van der Waals surface area contributed by atoms with Gasteiger partial charge < -0.3 is 15.6 Å². The second-order valence-electron chi connectivity index (χ2n) is 4.25. The van der Waals surface area contributed by atoms with E-state index in [0.29, 0.717) is 5.75 Å². The normalized spacial score (nSPS) is 14.7. The minimum absolute atomic E-state index is 0. The monoisotopic (exact) mass is 299 g/mol. The maximum Gasteiger partial charge on any atom is 0.416 e. The zero-order chi connectivity index (χ0) is 13.9. The average molecular weight is 300 g/mol. The summed E-state index contributed by atoms with van der Waals surface area (Å²) in [4.78, 5) is 0. The van der Waals surface area contributed by atoms with Crippen LogP contribution in [0.2, 0.25) is 0 Å². The summed E-state index contributed by atoms with van der Waals surface area (Å²) < 4.78 is 42.2. The summed E-state index contributed by atoms with van der Waals surface area (Å²) in [5.74, 6) is 0.544. The summed E-state index contributed by atoms with van der Waals surface area (Å²) in [6.07, 6.45) is -7.33. The van der Waals surface area contributed by atoms with E-state index in [1.807, 2.05) is 13.8 Å². The van der Waals surface area contributed by atoms with Crippen molar-refractivity contribution in [2.75, 3.05) is 0 Å². The van der Waals surface area contributed by atoms with Crippen molar-refractivity contribution in [3.05, 3.63) is 29.8 Å². The molecular formula is C12H17ClF3NO2. The third-order valence-electron chi connectivity index (χ3n) is 2.31. The lowest BCUT2D eigenvalue weighted by Gasteiger charge is -2.21. The number of ether oxygens (including phenoxy) is 1. The molecule has 1 aromatic rings. The number of rotatable bonds is 4. The van der Waals surface area contributed by atoms with Gasteiger partial charge in [0.1, 0.15) is 5.75 Å². The third-order valence-corrected chi connectivity index (χ3v) is 2.31. The highest BCUT2D eigenvalue weighted by Gasteiger charge is 2.42. The molecule has 0 unspecified atom stereocenters. The summed E-state index contributed by atoms with van der Waals surface area (Å²) in [7, 11) is 0. The van der Waals surface area contributed by atoms with Crippen molar-refractivity contribution in [2.45, 2.75) is 38.3 Å². The Hall–Kier alpha value is -0.980. The molecule has 0 radical (unpaired) electrons. The topological polar surface area (TPSA) is 55.5 Å². The zero-order valence-electron chi connectivity index (χ0n) is 10.5. The lowest BCUT2D eigenvalue weighted by molar-refractivity contribution is -0.210. The van der Waals surface area contributed by atoms with Gasteiger partial charge in [-0.1, -0.05) is 12.1 Å². The highest BCUT2D eigenvalue weighted by Crippen LogP contribution is 2.29. The molecule has 0 amide bonds. The predicted octanol–water partition coefficient (Wildman–Crippen LogP) is 2.82. The van der Waals surface area contributed by atoms with Gasteiger partial charge in [-0.3, -0.25) is 0 Å². The van der Waals surface area contributed by atoms with Crippen LogP contribution in [0.4, 0.5) is 13.2 Å². The van der Waals surface area contributed by atoms with Crippen LogP contribution in [0.15, 0.2) is 24.3 Å². The van der Waals surface area contributed by atoms with Gasteiger partial charge in [0.05, 0.1) is 12.1 Å². The van der Waals surface area contributed by atoms with E-state index in [4.69, 9.17) is 15.6 Å². The summed E-state index contributed by atoms with van der Waals surface area (Å²) in [5, 5.41) is 9.04. The fourth-order valence-corrected chi connectivity index (χ4v) is 1.43. The third kappa shape index (κ3) is 5.26. The summed E-state index contributed by atoms with van der Waals surface area (Å²) in [5.41, 5.74) is 5.57. The van der Waals surface area contributed by atoms with E-state index in [0.717, 1.165) is 0 Å². The molecule has 1 rings (SSSR count). The van der Waals surface area contributed by atoms with Gasteiger partial charge in [-0.2, -0.15) is 13.2 Å². The maximum absolute atomic E-state index is 12.3. The molecule has 110 valence electrons. The minimum atomic E-state index is -4.73. The second kappa shape index (κ2) is 6.98. The molecule has 19 heavy (non-hydrogen) atoms. The van der Waals surface area contributed by atoms with E-state index in [9.17, 15) is 13.2 Å². The van der Waals surface area contributed by atoms with E-state index in [2.05, 4.69) is 0 Å². The Labute approximate surface area is 116 Å². The van der Waals surface area contributed by atoms with Crippen molar-refractivity contribution in [3.63, 3.8) is 0 Å². The van der Waals surface area contributed by atoms with Gasteiger partial charge in [0.2, 0.25) is 0 Å². The van der Waals surface area contributed by atoms with Gasteiger partial charge in [-0.25, -0.2) is 0 Å². The smallest absolute Gasteiger partial charge is 0.416 e. The first-order valence-electron chi connectivity index (χ1n) is 5.49. The molecule has 0 fully saturated rings. The molecule has 0 saturated heterocycles. The van der Waals surface area contributed by atoms with Crippen molar-refractivity contribution in [1.82, 2.24) is 0 Å². The first-order chi connectivity index (χ1) is 8.21. The molecule has 7 heteroatoms. The molecule has 0 saturated carbocycles. The summed E-state index contributed by atoms with van der Waals surface area (Å²) in [6, 6.07) is 4.38. The van der Waals surface area contributed by atoms with Gasteiger partial charge in [-0.15, -0.1) is 12.4 Å². The first-order valence-corrected chi connectivity index (χ1v) is 5.49. The van der Waals surface area contributed by atoms with Crippen LogP contribution >= 0.6 is 12.4 Å². The quantitative estimate of drug-likeness (QED) is 0.899. The zero-order valence-corrected chi connectivity index (χ0v) is 11.3. The molecule has 0 aliphatic rings. The lowest BCUT2D eigenvalue weighted by Crippen LogP contribution is -2.38. The molecule has 0 aliphatic carbocycles. The van der Waals surface area contributed by atoms with Crippen molar-refractivity contribution in [3.8, 4) is 5.75 Å². The van der Waals surface area contributed by atoms with E-state index in [1.54, 1.807) is 0 Å². The largest absolute Gasteiger partial charge is 0.491 e. The van der Waals surface area contributed by atoms with Crippen molar-refractivity contribution < 1.29 is 23.0 Å². The van der Waals surface area contributed by atoms with Gasteiger partial charge in [0.15, 0.2) is 6.10 Å². The Morgan fingerprint density at radius 1 is 1.16 bits per heavy atom. The maximum atomic E-state index is 12.3. The van der Waals surface area contributed by atoms with Crippen LogP contribution in [0, 0.1) is 0 Å². The number of hydrogen-bond donors (Lipinski definition) is 2. The van der Waals surface area contributed by atoms with Gasteiger partial charge in [0.25, 0.3) is 0 Å². The lowest BCUT2D eigenvalue weighted by atomic mass is 10.0. The fraction of sp³-hybridized carbons (Fsp3) is 0.500. The van der Waals surface area contributed by atoms with Crippen molar-refractivity contribution >= 4 is 12.4 Å². The highest BCUT2D eigenvalue weighted by molar-refractivity contribution is 5.85. The number of aliphatic hydroxyl groups excluding tert-OH is 1. The van der Waals surface area contributed by atoms with Crippen LogP contribution in [-0.2, 0) is 0 Å². The van der Waals surface area contributed by atoms with Gasteiger partial charge >= 0.3 is 6.18 Å². The molecular weight excluding hydrogens is 283 g/mol. The minimum Gasteiger partial charge on any atom is -0.491 e. The highest BCUT2D eigenvalue weighted by atomic mass is 35.5. The summed E-state index contributed by atoms with van der Waals surface area (Å²) in [6.45, 7) is 3.68. The Morgan fingerprint density at radius 2 is 1.63 bits per heavy atom. The molecule has 0 aromatic heterocycles. The van der Waals surface area contributed by atoms with Crippen LogP contribution in [0.1, 0.15) is 25.5 Å². The number of hydrogen-bond acceptors (Lipinski definition) is 3. The molecule has 2 atom stereocenters. The van der Waals surface area contributed by atoms with Crippen LogP contribution in [0.25, 0.3) is 0 Å².